The predicted molar refractivity (Wildman–Crippen MR) is 66.3 cm³/mol. The van der Waals surface area contributed by atoms with Gasteiger partial charge in [0.2, 0.25) is 0 Å². The molecule has 2 rings (SSSR count). The Morgan fingerprint density at radius 1 is 1.47 bits per heavy atom. The number of hydrogen-bond donors (Lipinski definition) is 1. The molecular weight excluding hydrogens is 241 g/mol. The van der Waals surface area contributed by atoms with Crippen molar-refractivity contribution in [3.05, 3.63) is 41.3 Å². The zero-order valence-corrected chi connectivity index (χ0v) is 10.2. The van der Waals surface area contributed by atoms with Crippen molar-refractivity contribution in [3.63, 3.8) is 0 Å². The summed E-state index contributed by atoms with van der Waals surface area (Å²) in [6, 6.07) is 6.62. The van der Waals surface area contributed by atoms with Crippen molar-refractivity contribution < 1.29 is 4.39 Å². The van der Waals surface area contributed by atoms with Gasteiger partial charge in [-0.05, 0) is 25.1 Å². The first-order valence-electron chi connectivity index (χ1n) is 5.31. The first-order valence-corrected chi connectivity index (χ1v) is 5.69. The highest BCUT2D eigenvalue weighted by Gasteiger charge is 2.11. The van der Waals surface area contributed by atoms with Gasteiger partial charge in [-0.1, -0.05) is 17.7 Å². The van der Waals surface area contributed by atoms with E-state index in [2.05, 4.69) is 5.10 Å². The average molecular weight is 254 g/mol. The molecule has 2 N–H and O–H groups in total. The van der Waals surface area contributed by atoms with Gasteiger partial charge in [0.15, 0.2) is 5.82 Å². The summed E-state index contributed by atoms with van der Waals surface area (Å²) in [6.45, 7) is 2.49. The van der Waals surface area contributed by atoms with E-state index >= 15 is 0 Å². The molecule has 1 unspecified atom stereocenters. The number of nitrogens with two attached hydrogens (primary N) is 1. The van der Waals surface area contributed by atoms with E-state index in [0.29, 0.717) is 17.8 Å². The molecule has 0 fully saturated rings. The van der Waals surface area contributed by atoms with Gasteiger partial charge >= 0.3 is 0 Å². The molecule has 5 heteroatoms. The predicted octanol–water partition coefficient (Wildman–Crippen LogP) is 2.69. The molecule has 0 bridgehead atoms. The molecule has 0 spiro atoms. The number of benzene rings is 1. The molecule has 90 valence electrons. The maximum atomic E-state index is 13.8. The molecular formula is C12H13ClFN3. The lowest BCUT2D eigenvalue weighted by Gasteiger charge is -2.04. The normalized spacial score (nSPS) is 12.7. The molecule has 1 aromatic heterocycles. The minimum atomic E-state index is -0.444. The fourth-order valence-electron chi connectivity index (χ4n) is 1.60. The van der Waals surface area contributed by atoms with Crippen molar-refractivity contribution in [3.8, 4) is 11.3 Å². The molecule has 2 aromatic rings. The number of aromatic nitrogens is 2. The first kappa shape index (κ1) is 12.1. The Hall–Kier alpha value is -1.39. The third kappa shape index (κ3) is 2.65. The molecule has 1 atom stereocenters. The van der Waals surface area contributed by atoms with Gasteiger partial charge in [-0.15, -0.1) is 0 Å². The standard InChI is InChI=1S/C12H13ClFN3/c1-8(15)7-17-6-5-11(16-17)9-3-2-4-10(13)12(9)14/h2-6,8H,7,15H2,1H3. The second-order valence-electron chi connectivity index (χ2n) is 4.00. The van der Waals surface area contributed by atoms with Crippen LogP contribution in [0.25, 0.3) is 11.3 Å². The maximum absolute atomic E-state index is 13.8. The van der Waals surface area contributed by atoms with Crippen LogP contribution >= 0.6 is 11.6 Å². The lowest BCUT2D eigenvalue weighted by molar-refractivity contribution is 0.539. The van der Waals surface area contributed by atoms with Gasteiger partial charge in [-0.3, -0.25) is 4.68 Å². The molecule has 0 aliphatic rings. The first-order chi connectivity index (χ1) is 8.08. The van der Waals surface area contributed by atoms with Gasteiger partial charge in [0, 0.05) is 17.8 Å². The molecule has 17 heavy (non-hydrogen) atoms. The topological polar surface area (TPSA) is 43.8 Å². The van der Waals surface area contributed by atoms with Crippen molar-refractivity contribution in [2.75, 3.05) is 0 Å². The zero-order valence-electron chi connectivity index (χ0n) is 9.40. The Balaban J connectivity index is 2.34. The van der Waals surface area contributed by atoms with Gasteiger partial charge in [-0.25, -0.2) is 4.39 Å². The van der Waals surface area contributed by atoms with E-state index in [1.165, 1.54) is 6.07 Å². The number of nitrogens with zero attached hydrogens (tertiary/aromatic N) is 2. The molecule has 0 saturated heterocycles. The van der Waals surface area contributed by atoms with Gasteiger partial charge < -0.3 is 5.73 Å². The Labute approximate surface area is 104 Å². The van der Waals surface area contributed by atoms with Crippen LogP contribution < -0.4 is 5.73 Å². The molecule has 0 aliphatic carbocycles. The summed E-state index contributed by atoms with van der Waals surface area (Å²) in [6.07, 6.45) is 1.78. The minimum absolute atomic E-state index is 0.00644. The third-order valence-corrected chi connectivity index (χ3v) is 2.64. The van der Waals surface area contributed by atoms with E-state index in [1.807, 2.05) is 6.92 Å². The molecule has 0 aliphatic heterocycles. The van der Waals surface area contributed by atoms with Crippen molar-refractivity contribution in [2.45, 2.75) is 19.5 Å². The zero-order chi connectivity index (χ0) is 12.4. The average Bonchev–Trinajstić information content (AvgIpc) is 2.69. The van der Waals surface area contributed by atoms with Crippen molar-refractivity contribution in [1.82, 2.24) is 9.78 Å². The molecule has 0 amide bonds. The summed E-state index contributed by atoms with van der Waals surface area (Å²) in [5.74, 6) is -0.444. The van der Waals surface area contributed by atoms with Gasteiger partial charge in [0.25, 0.3) is 0 Å². The van der Waals surface area contributed by atoms with E-state index in [4.69, 9.17) is 17.3 Å². The van der Waals surface area contributed by atoms with Crippen LogP contribution in [-0.4, -0.2) is 15.8 Å². The van der Waals surface area contributed by atoms with Gasteiger partial charge in [0.05, 0.1) is 17.3 Å². The summed E-state index contributed by atoms with van der Waals surface area (Å²) in [5, 5.41) is 4.36. The summed E-state index contributed by atoms with van der Waals surface area (Å²) in [7, 11) is 0. The van der Waals surface area contributed by atoms with Crippen molar-refractivity contribution >= 4 is 11.6 Å². The lowest BCUT2D eigenvalue weighted by atomic mass is 10.1. The molecule has 1 heterocycles. The van der Waals surface area contributed by atoms with Crippen LogP contribution in [0, 0.1) is 5.82 Å². The fourth-order valence-corrected chi connectivity index (χ4v) is 1.78. The van der Waals surface area contributed by atoms with Crippen molar-refractivity contribution in [1.29, 1.82) is 0 Å². The van der Waals surface area contributed by atoms with Gasteiger partial charge in [0.1, 0.15) is 0 Å². The number of rotatable bonds is 3. The Morgan fingerprint density at radius 2 is 2.24 bits per heavy atom. The van der Waals surface area contributed by atoms with E-state index in [0.717, 1.165) is 0 Å². The molecule has 0 saturated carbocycles. The van der Waals surface area contributed by atoms with Crippen LogP contribution in [0.2, 0.25) is 5.02 Å². The molecule has 1 aromatic carbocycles. The number of hydrogen-bond acceptors (Lipinski definition) is 2. The van der Waals surface area contributed by atoms with E-state index in [9.17, 15) is 4.39 Å². The quantitative estimate of drug-likeness (QED) is 0.914. The molecule has 0 radical (unpaired) electrons. The monoisotopic (exact) mass is 253 g/mol. The van der Waals surface area contributed by atoms with E-state index in [1.54, 1.807) is 29.1 Å². The Kier molecular flexibility index (Phi) is 3.45. The van der Waals surface area contributed by atoms with Crippen LogP contribution in [0.1, 0.15) is 6.92 Å². The SMILES string of the molecule is CC(N)Cn1ccc(-c2cccc(Cl)c2F)n1. The van der Waals surface area contributed by atoms with Crippen LogP contribution in [-0.2, 0) is 6.54 Å². The van der Waals surface area contributed by atoms with Crippen LogP contribution in [0.4, 0.5) is 4.39 Å². The minimum Gasteiger partial charge on any atom is -0.326 e. The smallest absolute Gasteiger partial charge is 0.151 e. The maximum Gasteiger partial charge on any atom is 0.151 e. The summed E-state index contributed by atoms with van der Waals surface area (Å²) in [4.78, 5) is 0. The second-order valence-corrected chi connectivity index (χ2v) is 4.41. The van der Waals surface area contributed by atoms with Crippen LogP contribution in [0.3, 0.4) is 0 Å². The van der Waals surface area contributed by atoms with Crippen LogP contribution in [0.15, 0.2) is 30.5 Å². The Bertz CT molecular complexity index is 522. The lowest BCUT2D eigenvalue weighted by Crippen LogP contribution is -2.22. The highest BCUT2D eigenvalue weighted by molar-refractivity contribution is 6.31. The van der Waals surface area contributed by atoms with E-state index in [-0.39, 0.29) is 11.1 Å². The molecule has 3 nitrogen and oxygen atoms in total. The Morgan fingerprint density at radius 3 is 2.94 bits per heavy atom. The van der Waals surface area contributed by atoms with Crippen molar-refractivity contribution in [2.24, 2.45) is 5.73 Å². The van der Waals surface area contributed by atoms with E-state index < -0.39 is 5.82 Å². The summed E-state index contributed by atoms with van der Waals surface area (Å²) < 4.78 is 15.4. The largest absolute Gasteiger partial charge is 0.326 e. The highest BCUT2D eigenvalue weighted by atomic mass is 35.5. The third-order valence-electron chi connectivity index (χ3n) is 2.34. The summed E-state index contributed by atoms with van der Waals surface area (Å²) in [5.41, 5.74) is 6.63. The highest BCUT2D eigenvalue weighted by Crippen LogP contribution is 2.26. The number of halogens is 2. The van der Waals surface area contributed by atoms with Crippen LogP contribution in [0.5, 0.6) is 0 Å². The second kappa shape index (κ2) is 4.85. The van der Waals surface area contributed by atoms with Gasteiger partial charge in [-0.2, -0.15) is 5.10 Å². The summed E-state index contributed by atoms with van der Waals surface area (Å²) >= 11 is 5.73. The fraction of sp³-hybridized carbons (Fsp3) is 0.250.